The molecule has 198 valence electrons. The Morgan fingerprint density at radius 2 is 1.55 bits per heavy atom. The Morgan fingerprint density at radius 1 is 0.842 bits per heavy atom. The highest BCUT2D eigenvalue weighted by atomic mass is 19.1. The first-order chi connectivity index (χ1) is 18.5. The van der Waals surface area contributed by atoms with E-state index in [0.717, 1.165) is 41.8 Å². The average Bonchev–Trinajstić information content (AvgIpc) is 3.37. The lowest BCUT2D eigenvalue weighted by molar-refractivity contribution is 0.155. The van der Waals surface area contributed by atoms with Crippen LogP contribution in [-0.2, 0) is 0 Å². The number of aromatic hydroxyl groups is 2. The van der Waals surface area contributed by atoms with Gasteiger partial charge in [-0.25, -0.2) is 4.39 Å². The van der Waals surface area contributed by atoms with E-state index in [0.29, 0.717) is 12.0 Å². The second-order valence-electron chi connectivity index (χ2n) is 9.49. The van der Waals surface area contributed by atoms with Crippen LogP contribution < -0.4 is 4.90 Å². The van der Waals surface area contributed by atoms with E-state index in [4.69, 9.17) is 0 Å². The molecule has 4 aromatic carbocycles. The molecule has 0 amide bonds. The predicted octanol–water partition coefficient (Wildman–Crippen LogP) is 8.01. The molecule has 1 aliphatic heterocycles. The summed E-state index contributed by atoms with van der Waals surface area (Å²) in [5.41, 5.74) is 4.33. The van der Waals surface area contributed by atoms with Gasteiger partial charge in [0.25, 0.3) is 0 Å². The van der Waals surface area contributed by atoms with Crippen LogP contribution in [-0.4, -0.2) is 21.9 Å². The van der Waals surface area contributed by atoms with Crippen molar-refractivity contribution in [2.75, 3.05) is 11.4 Å². The molecular formula is C33H36FNO3. The lowest BCUT2D eigenvalue weighted by Gasteiger charge is -2.31. The van der Waals surface area contributed by atoms with Crippen molar-refractivity contribution in [3.05, 3.63) is 114 Å². The lowest BCUT2D eigenvalue weighted by Crippen LogP contribution is -2.25. The molecule has 0 aromatic heterocycles. The van der Waals surface area contributed by atoms with Gasteiger partial charge in [0, 0.05) is 17.8 Å². The number of anilines is 1. The van der Waals surface area contributed by atoms with Crippen LogP contribution in [0.1, 0.15) is 56.4 Å². The fourth-order valence-corrected chi connectivity index (χ4v) is 5.37. The van der Waals surface area contributed by atoms with Crippen molar-refractivity contribution in [3.8, 4) is 22.6 Å². The van der Waals surface area contributed by atoms with E-state index in [-0.39, 0.29) is 29.3 Å². The highest BCUT2D eigenvalue weighted by Crippen LogP contribution is 2.46. The Bertz CT molecular complexity index is 1310. The molecule has 1 aliphatic rings. The van der Waals surface area contributed by atoms with Crippen LogP contribution in [0.25, 0.3) is 11.1 Å². The Kier molecular flexibility index (Phi) is 9.03. The fraction of sp³-hybridized carbons (Fsp3) is 0.273. The van der Waals surface area contributed by atoms with Crippen LogP contribution in [0.4, 0.5) is 10.1 Å². The van der Waals surface area contributed by atoms with Gasteiger partial charge < -0.3 is 20.2 Å². The summed E-state index contributed by atoms with van der Waals surface area (Å²) in [5, 5.41) is 31.8. The molecule has 38 heavy (non-hydrogen) atoms. The van der Waals surface area contributed by atoms with Gasteiger partial charge in [-0.1, -0.05) is 68.4 Å². The zero-order chi connectivity index (χ0) is 27.1. The quantitative estimate of drug-likeness (QED) is 0.234. The molecule has 4 nitrogen and oxygen atoms in total. The smallest absolute Gasteiger partial charge is 0.123 e. The molecule has 5 heteroatoms. The van der Waals surface area contributed by atoms with Crippen molar-refractivity contribution < 1.29 is 19.7 Å². The molecule has 0 saturated carbocycles. The summed E-state index contributed by atoms with van der Waals surface area (Å²) < 4.78 is 13.3. The summed E-state index contributed by atoms with van der Waals surface area (Å²) in [6, 6.07) is 28.9. The standard InChI is InChI=1S/C31H30FNO3.C2H6/c32-25-13-9-21(10-14-25)29(35)16-12-22-17-18-33(26-6-2-1-3-7-26)31(22)28-15-11-24(20-30(28)36)23-5-4-8-27(34)19-23;1-2/h1-11,13-15,19-20,22,29,31,34-36H,12,16-18H2;1-2H3. The summed E-state index contributed by atoms with van der Waals surface area (Å²) in [4.78, 5) is 2.33. The highest BCUT2D eigenvalue weighted by Gasteiger charge is 2.37. The molecule has 0 bridgehead atoms. The number of aliphatic hydroxyl groups is 1. The SMILES string of the molecule is CC.Oc1cccc(-c2ccc(C3C(CCC(O)c4ccc(F)cc4)CCN3c3ccccc3)c(O)c2)c1. The Balaban J connectivity index is 0.00000164. The maximum atomic E-state index is 13.3. The van der Waals surface area contributed by atoms with Crippen molar-refractivity contribution in [1.82, 2.24) is 0 Å². The third-order valence-electron chi connectivity index (χ3n) is 7.21. The Morgan fingerprint density at radius 3 is 2.24 bits per heavy atom. The van der Waals surface area contributed by atoms with Gasteiger partial charge in [0.05, 0.1) is 12.1 Å². The number of phenolic OH excluding ortho intramolecular Hbond substituents is 2. The van der Waals surface area contributed by atoms with E-state index in [1.54, 1.807) is 36.4 Å². The normalized spacial score (nSPS) is 17.5. The van der Waals surface area contributed by atoms with E-state index in [1.807, 2.05) is 50.2 Å². The third-order valence-corrected chi connectivity index (χ3v) is 7.21. The first-order valence-electron chi connectivity index (χ1n) is 13.4. The first-order valence-corrected chi connectivity index (χ1v) is 13.4. The molecule has 0 radical (unpaired) electrons. The molecule has 0 aliphatic carbocycles. The van der Waals surface area contributed by atoms with Crippen LogP contribution in [0, 0.1) is 11.7 Å². The molecule has 1 heterocycles. The van der Waals surface area contributed by atoms with Crippen LogP contribution >= 0.6 is 0 Å². The molecule has 1 fully saturated rings. The minimum atomic E-state index is -0.668. The summed E-state index contributed by atoms with van der Waals surface area (Å²) in [6.45, 7) is 4.85. The van der Waals surface area contributed by atoms with Gasteiger partial charge in [-0.05, 0) is 84.3 Å². The minimum absolute atomic E-state index is 0.0500. The monoisotopic (exact) mass is 513 g/mol. The molecule has 0 spiro atoms. The second-order valence-corrected chi connectivity index (χ2v) is 9.49. The highest BCUT2D eigenvalue weighted by molar-refractivity contribution is 5.68. The van der Waals surface area contributed by atoms with Crippen LogP contribution in [0.2, 0.25) is 0 Å². The molecule has 3 atom stereocenters. The molecule has 3 N–H and O–H groups in total. The molecular weight excluding hydrogens is 477 g/mol. The fourth-order valence-electron chi connectivity index (χ4n) is 5.37. The summed E-state index contributed by atoms with van der Waals surface area (Å²) in [5.74, 6) is 0.303. The average molecular weight is 514 g/mol. The number of aliphatic hydroxyl groups excluding tert-OH is 1. The lowest BCUT2D eigenvalue weighted by atomic mass is 9.87. The maximum absolute atomic E-state index is 13.3. The van der Waals surface area contributed by atoms with E-state index in [9.17, 15) is 19.7 Å². The van der Waals surface area contributed by atoms with Gasteiger partial charge in [-0.15, -0.1) is 0 Å². The van der Waals surface area contributed by atoms with Gasteiger partial charge in [0.2, 0.25) is 0 Å². The van der Waals surface area contributed by atoms with Crippen LogP contribution in [0.5, 0.6) is 11.5 Å². The Hall–Kier alpha value is -3.83. The number of halogens is 1. The van der Waals surface area contributed by atoms with Crippen LogP contribution in [0.3, 0.4) is 0 Å². The van der Waals surface area contributed by atoms with E-state index in [1.165, 1.54) is 12.1 Å². The van der Waals surface area contributed by atoms with E-state index < -0.39 is 6.10 Å². The summed E-state index contributed by atoms with van der Waals surface area (Å²) in [7, 11) is 0. The maximum Gasteiger partial charge on any atom is 0.123 e. The molecule has 3 unspecified atom stereocenters. The second kappa shape index (κ2) is 12.6. The third kappa shape index (κ3) is 6.17. The van der Waals surface area contributed by atoms with Crippen molar-refractivity contribution in [2.24, 2.45) is 5.92 Å². The van der Waals surface area contributed by atoms with Gasteiger partial charge in [0.1, 0.15) is 17.3 Å². The van der Waals surface area contributed by atoms with Gasteiger partial charge in [-0.2, -0.15) is 0 Å². The number of benzene rings is 4. The zero-order valence-electron chi connectivity index (χ0n) is 22.0. The van der Waals surface area contributed by atoms with Crippen LogP contribution in [0.15, 0.2) is 97.1 Å². The summed E-state index contributed by atoms with van der Waals surface area (Å²) >= 11 is 0. The number of phenols is 2. The van der Waals surface area contributed by atoms with E-state index in [2.05, 4.69) is 17.0 Å². The van der Waals surface area contributed by atoms with Gasteiger partial charge >= 0.3 is 0 Å². The number of hydrogen-bond acceptors (Lipinski definition) is 4. The van der Waals surface area contributed by atoms with Gasteiger partial charge in [-0.3, -0.25) is 0 Å². The first kappa shape index (κ1) is 27.2. The number of hydrogen-bond donors (Lipinski definition) is 3. The molecule has 4 aromatic rings. The molecule has 1 saturated heterocycles. The minimum Gasteiger partial charge on any atom is -0.508 e. The molecule has 5 rings (SSSR count). The number of nitrogens with zero attached hydrogens (tertiary/aromatic N) is 1. The van der Waals surface area contributed by atoms with Crippen molar-refractivity contribution >= 4 is 5.69 Å². The van der Waals surface area contributed by atoms with Gasteiger partial charge in [0.15, 0.2) is 0 Å². The number of para-hydroxylation sites is 1. The predicted molar refractivity (Wildman–Crippen MR) is 152 cm³/mol. The van der Waals surface area contributed by atoms with Crippen molar-refractivity contribution in [1.29, 1.82) is 0 Å². The summed E-state index contributed by atoms with van der Waals surface area (Å²) in [6.07, 6.45) is 1.58. The topological polar surface area (TPSA) is 63.9 Å². The van der Waals surface area contributed by atoms with Crippen molar-refractivity contribution in [2.45, 2.75) is 45.3 Å². The number of rotatable bonds is 7. The largest absolute Gasteiger partial charge is 0.508 e. The Labute approximate surface area is 224 Å². The van der Waals surface area contributed by atoms with E-state index >= 15 is 0 Å². The van der Waals surface area contributed by atoms with Crippen molar-refractivity contribution in [3.63, 3.8) is 0 Å². The zero-order valence-corrected chi connectivity index (χ0v) is 22.0.